The van der Waals surface area contributed by atoms with E-state index < -0.39 is 17.2 Å². The van der Waals surface area contributed by atoms with E-state index in [1.807, 2.05) is 0 Å². The minimum Gasteiger partial charge on any atom is -0.508 e. The standard InChI is InChI=1S/C24H18O7/c25-16-1-3-18(20(27)10-16)14-5-12(13-8-22(29)24(31)23(30)9-13)6-15(7-14)19-4-2-17(26)11-21(19)28/h1-11,25-31H. The molecule has 0 amide bonds. The summed E-state index contributed by atoms with van der Waals surface area (Å²) in [6.45, 7) is 0. The Hall–Kier alpha value is -4.52. The van der Waals surface area contributed by atoms with Gasteiger partial charge in [0.15, 0.2) is 17.2 Å². The van der Waals surface area contributed by atoms with Gasteiger partial charge in [-0.2, -0.15) is 0 Å². The van der Waals surface area contributed by atoms with Crippen LogP contribution in [0.4, 0.5) is 0 Å². The van der Waals surface area contributed by atoms with E-state index in [0.717, 1.165) is 0 Å². The van der Waals surface area contributed by atoms with Crippen LogP contribution >= 0.6 is 0 Å². The van der Waals surface area contributed by atoms with Gasteiger partial charge in [0.2, 0.25) is 0 Å². The van der Waals surface area contributed by atoms with Crippen molar-refractivity contribution in [3.8, 4) is 73.6 Å². The van der Waals surface area contributed by atoms with Crippen molar-refractivity contribution < 1.29 is 35.7 Å². The molecule has 0 spiro atoms. The maximum Gasteiger partial charge on any atom is 0.200 e. The summed E-state index contributed by atoms with van der Waals surface area (Å²) in [5, 5.41) is 69.4. The summed E-state index contributed by atoms with van der Waals surface area (Å²) < 4.78 is 0. The maximum absolute atomic E-state index is 10.3. The highest BCUT2D eigenvalue weighted by Gasteiger charge is 2.15. The number of phenolic OH excluding ortho intramolecular Hbond substituents is 7. The van der Waals surface area contributed by atoms with Crippen LogP contribution < -0.4 is 0 Å². The molecule has 0 aliphatic rings. The summed E-state index contributed by atoms with van der Waals surface area (Å²) in [7, 11) is 0. The summed E-state index contributed by atoms with van der Waals surface area (Å²) in [5.41, 5.74) is 2.69. The minimum atomic E-state index is -0.646. The molecule has 0 aliphatic heterocycles. The third kappa shape index (κ3) is 3.72. The Bertz CT molecular complexity index is 1220. The number of rotatable bonds is 3. The van der Waals surface area contributed by atoms with E-state index in [-0.39, 0.29) is 23.0 Å². The van der Waals surface area contributed by atoms with Gasteiger partial charge in [0.05, 0.1) is 0 Å². The summed E-state index contributed by atoms with van der Waals surface area (Å²) in [5.74, 6) is -2.23. The molecule has 0 radical (unpaired) electrons. The molecule has 0 saturated carbocycles. The van der Waals surface area contributed by atoms with Gasteiger partial charge in [0.25, 0.3) is 0 Å². The highest BCUT2D eigenvalue weighted by Crippen LogP contribution is 2.43. The van der Waals surface area contributed by atoms with Crippen molar-refractivity contribution in [2.24, 2.45) is 0 Å². The van der Waals surface area contributed by atoms with E-state index >= 15 is 0 Å². The van der Waals surface area contributed by atoms with E-state index in [9.17, 15) is 35.7 Å². The van der Waals surface area contributed by atoms with Crippen LogP contribution in [0.5, 0.6) is 40.2 Å². The van der Waals surface area contributed by atoms with Gasteiger partial charge in [-0.1, -0.05) is 0 Å². The van der Waals surface area contributed by atoms with Crippen molar-refractivity contribution in [2.45, 2.75) is 0 Å². The number of benzene rings is 4. The molecule has 0 bridgehead atoms. The third-order valence-electron chi connectivity index (χ3n) is 4.92. The summed E-state index contributed by atoms with van der Waals surface area (Å²) in [6, 6.07) is 15.9. The van der Waals surface area contributed by atoms with Crippen molar-refractivity contribution >= 4 is 0 Å². The van der Waals surface area contributed by atoms with Gasteiger partial charge < -0.3 is 35.7 Å². The lowest BCUT2D eigenvalue weighted by atomic mass is 9.92. The van der Waals surface area contributed by atoms with E-state index in [0.29, 0.717) is 33.4 Å². The zero-order valence-electron chi connectivity index (χ0n) is 16.0. The first-order chi connectivity index (χ1) is 14.7. The van der Waals surface area contributed by atoms with Crippen LogP contribution in [0.25, 0.3) is 33.4 Å². The molecule has 7 nitrogen and oxygen atoms in total. The molecule has 7 N–H and O–H groups in total. The molecule has 0 unspecified atom stereocenters. The molecule has 4 aromatic rings. The zero-order valence-corrected chi connectivity index (χ0v) is 16.0. The SMILES string of the molecule is Oc1ccc(-c2cc(-c3cc(O)c(O)c(O)c3)cc(-c3ccc(O)cc3O)c2)c(O)c1. The van der Waals surface area contributed by atoms with Crippen LogP contribution in [-0.2, 0) is 0 Å². The largest absolute Gasteiger partial charge is 0.508 e. The molecule has 4 rings (SSSR count). The fraction of sp³-hybridized carbons (Fsp3) is 0. The fourth-order valence-corrected chi connectivity index (χ4v) is 3.40. The molecule has 0 atom stereocenters. The highest BCUT2D eigenvalue weighted by atomic mass is 16.3. The van der Waals surface area contributed by atoms with Crippen LogP contribution in [0, 0.1) is 0 Å². The molecule has 31 heavy (non-hydrogen) atoms. The minimum absolute atomic E-state index is 0.109. The van der Waals surface area contributed by atoms with E-state index in [4.69, 9.17) is 0 Å². The van der Waals surface area contributed by atoms with Crippen LogP contribution in [0.1, 0.15) is 0 Å². The lowest BCUT2D eigenvalue weighted by Gasteiger charge is -2.14. The Kier molecular flexibility index (Phi) is 4.71. The van der Waals surface area contributed by atoms with Crippen molar-refractivity contribution in [1.29, 1.82) is 0 Å². The van der Waals surface area contributed by atoms with Gasteiger partial charge in [-0.3, -0.25) is 0 Å². The highest BCUT2D eigenvalue weighted by molar-refractivity contribution is 5.85. The molecular formula is C24H18O7. The van der Waals surface area contributed by atoms with Gasteiger partial charge in [0, 0.05) is 23.3 Å². The average molecular weight is 418 g/mol. The molecule has 0 aliphatic carbocycles. The number of phenols is 7. The van der Waals surface area contributed by atoms with Crippen LogP contribution in [-0.4, -0.2) is 35.7 Å². The molecule has 156 valence electrons. The Morgan fingerprint density at radius 1 is 0.355 bits per heavy atom. The second-order valence-corrected chi connectivity index (χ2v) is 7.07. The van der Waals surface area contributed by atoms with E-state index in [1.54, 1.807) is 18.2 Å². The number of hydrogen-bond acceptors (Lipinski definition) is 7. The van der Waals surface area contributed by atoms with Crippen molar-refractivity contribution in [2.75, 3.05) is 0 Å². The molecule has 0 aromatic heterocycles. The lowest BCUT2D eigenvalue weighted by molar-refractivity contribution is 0.368. The van der Waals surface area contributed by atoms with Crippen LogP contribution in [0.15, 0.2) is 66.7 Å². The normalized spacial score (nSPS) is 10.8. The molecule has 0 saturated heterocycles. The quantitative estimate of drug-likeness (QED) is 0.241. The first-order valence-electron chi connectivity index (χ1n) is 9.18. The monoisotopic (exact) mass is 418 g/mol. The molecule has 7 heteroatoms. The van der Waals surface area contributed by atoms with Crippen LogP contribution in [0.2, 0.25) is 0 Å². The topological polar surface area (TPSA) is 142 Å². The van der Waals surface area contributed by atoms with Crippen molar-refractivity contribution in [1.82, 2.24) is 0 Å². The summed E-state index contributed by atoms with van der Waals surface area (Å²) in [6.07, 6.45) is 0. The van der Waals surface area contributed by atoms with E-state index in [1.165, 1.54) is 48.5 Å². The predicted molar refractivity (Wildman–Crippen MR) is 114 cm³/mol. The van der Waals surface area contributed by atoms with Crippen molar-refractivity contribution in [3.63, 3.8) is 0 Å². The molecule has 0 fully saturated rings. The maximum atomic E-state index is 10.3. The first-order valence-corrected chi connectivity index (χ1v) is 9.18. The van der Waals surface area contributed by atoms with Gasteiger partial charge in [0.1, 0.15) is 23.0 Å². The third-order valence-corrected chi connectivity index (χ3v) is 4.92. The summed E-state index contributed by atoms with van der Waals surface area (Å²) >= 11 is 0. The second-order valence-electron chi connectivity index (χ2n) is 7.07. The molecule has 4 aromatic carbocycles. The van der Waals surface area contributed by atoms with Gasteiger partial charge in [-0.05, 0) is 76.9 Å². The summed E-state index contributed by atoms with van der Waals surface area (Å²) in [4.78, 5) is 0. The lowest BCUT2D eigenvalue weighted by Crippen LogP contribution is -1.88. The van der Waals surface area contributed by atoms with Crippen LogP contribution in [0.3, 0.4) is 0 Å². The van der Waals surface area contributed by atoms with Gasteiger partial charge >= 0.3 is 0 Å². The molecule has 0 heterocycles. The zero-order chi connectivity index (χ0) is 22.3. The Balaban J connectivity index is 1.99. The predicted octanol–water partition coefficient (Wildman–Crippen LogP) is 4.63. The fourth-order valence-electron chi connectivity index (χ4n) is 3.40. The number of hydrogen-bond donors (Lipinski definition) is 7. The molecular weight excluding hydrogens is 400 g/mol. The Morgan fingerprint density at radius 2 is 0.742 bits per heavy atom. The Morgan fingerprint density at radius 3 is 1.16 bits per heavy atom. The first kappa shape index (κ1) is 19.8. The average Bonchev–Trinajstić information content (AvgIpc) is 2.71. The van der Waals surface area contributed by atoms with Gasteiger partial charge in [-0.15, -0.1) is 0 Å². The smallest absolute Gasteiger partial charge is 0.200 e. The second kappa shape index (κ2) is 7.38. The van der Waals surface area contributed by atoms with E-state index in [2.05, 4.69) is 0 Å². The Labute approximate surface area is 176 Å². The van der Waals surface area contributed by atoms with Crippen molar-refractivity contribution in [3.05, 3.63) is 66.7 Å². The van der Waals surface area contributed by atoms with Gasteiger partial charge in [-0.25, -0.2) is 0 Å². The number of aromatic hydroxyl groups is 7.